The van der Waals surface area contributed by atoms with Crippen LogP contribution in [0.2, 0.25) is 0 Å². The summed E-state index contributed by atoms with van der Waals surface area (Å²) in [6.07, 6.45) is 6.91. The zero-order valence-corrected chi connectivity index (χ0v) is 25.4. The summed E-state index contributed by atoms with van der Waals surface area (Å²) >= 11 is 0. The summed E-state index contributed by atoms with van der Waals surface area (Å²) in [5.74, 6) is -2.66. The second kappa shape index (κ2) is 12.1. The molecule has 1 aliphatic carbocycles. The number of carbonyl (C=O) groups is 5. The summed E-state index contributed by atoms with van der Waals surface area (Å²) in [4.78, 5) is 67.0. The fourth-order valence-corrected chi connectivity index (χ4v) is 6.65. The third-order valence-corrected chi connectivity index (χ3v) is 9.14. The number of ketones is 1. The average Bonchev–Trinajstić information content (AvgIpc) is 3.15. The number of amides is 4. The molecule has 0 aromatic carbocycles. The SMILES string of the molecule is CC(C)(C)OC(=O)N[C@@H]1C(=O)N2CC3[C@@H]([C@H]2C(=O)N[C@H](C(=O)C(N)=O)CCCCCCCCCC1(C)C)C3(C)C. The molecule has 226 valence electrons. The van der Waals surface area contributed by atoms with Gasteiger partial charge in [0, 0.05) is 6.54 Å². The maximum atomic E-state index is 14.3. The van der Waals surface area contributed by atoms with Gasteiger partial charge in [-0.1, -0.05) is 72.6 Å². The van der Waals surface area contributed by atoms with Gasteiger partial charge >= 0.3 is 6.09 Å². The Morgan fingerprint density at radius 3 is 2.12 bits per heavy atom. The second-order valence-corrected chi connectivity index (χ2v) is 14.3. The van der Waals surface area contributed by atoms with Crippen molar-refractivity contribution < 1.29 is 28.7 Å². The number of hydrogen-bond acceptors (Lipinski definition) is 6. The number of hydrogen-bond donors (Lipinski definition) is 3. The van der Waals surface area contributed by atoms with Gasteiger partial charge in [-0.05, 0) is 56.3 Å². The fraction of sp³-hybridized carbons (Fsp3) is 0.833. The number of piperidine rings is 1. The summed E-state index contributed by atoms with van der Waals surface area (Å²) in [5, 5.41) is 5.64. The summed E-state index contributed by atoms with van der Waals surface area (Å²) in [6.45, 7) is 13.8. The highest BCUT2D eigenvalue weighted by atomic mass is 16.6. The molecule has 4 amide bonds. The molecule has 3 aliphatic rings. The van der Waals surface area contributed by atoms with Crippen molar-refractivity contribution in [2.75, 3.05) is 6.54 Å². The lowest BCUT2D eigenvalue weighted by atomic mass is 9.78. The van der Waals surface area contributed by atoms with Gasteiger partial charge in [0.2, 0.25) is 17.6 Å². The normalized spacial score (nSPS) is 31.2. The Morgan fingerprint density at radius 1 is 0.975 bits per heavy atom. The number of nitrogens with zero attached hydrogens (tertiary/aromatic N) is 1. The lowest BCUT2D eigenvalue weighted by Gasteiger charge is -2.39. The predicted octanol–water partition coefficient (Wildman–Crippen LogP) is 3.45. The molecule has 2 heterocycles. The third-order valence-electron chi connectivity index (χ3n) is 9.14. The van der Waals surface area contributed by atoms with Crippen molar-refractivity contribution in [1.29, 1.82) is 0 Å². The summed E-state index contributed by atoms with van der Waals surface area (Å²) in [7, 11) is 0. The summed E-state index contributed by atoms with van der Waals surface area (Å²) < 4.78 is 5.51. The molecular formula is C30H50N4O6. The largest absolute Gasteiger partial charge is 0.444 e. The number of alkyl carbamates (subject to hydrolysis) is 1. The maximum absolute atomic E-state index is 14.3. The average molecular weight is 563 g/mol. The molecule has 0 aromatic heterocycles. The van der Waals surface area contributed by atoms with Crippen molar-refractivity contribution >= 4 is 29.6 Å². The molecular weight excluding hydrogens is 512 g/mol. The first kappa shape index (κ1) is 31.9. The van der Waals surface area contributed by atoms with E-state index in [0.29, 0.717) is 19.4 Å². The minimum absolute atomic E-state index is 0.0897. The van der Waals surface area contributed by atoms with E-state index in [2.05, 4.69) is 24.5 Å². The van der Waals surface area contributed by atoms with Crippen molar-refractivity contribution in [2.24, 2.45) is 28.4 Å². The smallest absolute Gasteiger partial charge is 0.408 e. The van der Waals surface area contributed by atoms with E-state index in [1.54, 1.807) is 25.7 Å². The van der Waals surface area contributed by atoms with Crippen LogP contribution in [0.3, 0.4) is 0 Å². The molecule has 3 rings (SSSR count). The molecule has 0 bridgehead atoms. The minimum Gasteiger partial charge on any atom is -0.444 e. The molecule has 10 heteroatoms. The zero-order chi connectivity index (χ0) is 30.0. The van der Waals surface area contributed by atoms with Crippen LogP contribution in [-0.2, 0) is 23.9 Å². The number of ether oxygens (including phenoxy) is 1. The monoisotopic (exact) mass is 562 g/mol. The molecule has 2 saturated heterocycles. The number of rotatable bonds is 3. The van der Waals surface area contributed by atoms with Crippen molar-refractivity contribution in [1.82, 2.24) is 15.5 Å². The van der Waals surface area contributed by atoms with E-state index in [1.807, 2.05) is 13.8 Å². The van der Waals surface area contributed by atoms with Crippen molar-refractivity contribution in [2.45, 2.75) is 130 Å². The Kier molecular flexibility index (Phi) is 9.62. The minimum atomic E-state index is -1.08. The lowest BCUT2D eigenvalue weighted by Crippen LogP contribution is -2.61. The van der Waals surface area contributed by atoms with Crippen LogP contribution in [0.1, 0.15) is 106 Å². The first-order chi connectivity index (χ1) is 18.5. The standard InChI is InChI=1S/C30H50N4O6/c1-28(2,3)40-27(39)33-23-26(38)34-17-18-20(30(18,6)7)21(34)25(37)32-19(22(35)24(31)36)15-13-11-9-8-10-12-14-16-29(23,4)5/h18-21,23H,8-17H2,1-7H3,(H2,31,36)(H,32,37)(H,33,39)/t18?,19-,20-,21-,23+/m0/s1. The van der Waals surface area contributed by atoms with Gasteiger partial charge < -0.3 is 26.0 Å². The Hall–Kier alpha value is -2.65. The van der Waals surface area contributed by atoms with Crippen LogP contribution >= 0.6 is 0 Å². The number of nitrogens with one attached hydrogen (secondary N) is 2. The molecule has 0 radical (unpaired) electrons. The molecule has 1 unspecified atom stereocenters. The predicted molar refractivity (Wildman–Crippen MR) is 151 cm³/mol. The highest BCUT2D eigenvalue weighted by molar-refractivity contribution is 6.37. The van der Waals surface area contributed by atoms with E-state index in [4.69, 9.17) is 10.5 Å². The van der Waals surface area contributed by atoms with E-state index in [0.717, 1.165) is 44.9 Å². The van der Waals surface area contributed by atoms with Crippen LogP contribution in [0.5, 0.6) is 0 Å². The number of Topliss-reactive ketones (excluding diaryl/α,β-unsaturated/α-hetero) is 1. The molecule has 0 spiro atoms. The van der Waals surface area contributed by atoms with Crippen LogP contribution in [0.4, 0.5) is 4.79 Å². The molecule has 2 aliphatic heterocycles. The molecule has 40 heavy (non-hydrogen) atoms. The molecule has 10 nitrogen and oxygen atoms in total. The third kappa shape index (κ3) is 7.35. The Bertz CT molecular complexity index is 1000. The summed E-state index contributed by atoms with van der Waals surface area (Å²) in [5.41, 5.74) is 3.83. The Balaban J connectivity index is 1.96. The molecule has 5 atom stereocenters. The van der Waals surface area contributed by atoms with Gasteiger partial charge in [-0.15, -0.1) is 0 Å². The van der Waals surface area contributed by atoms with E-state index in [-0.39, 0.29) is 23.2 Å². The maximum Gasteiger partial charge on any atom is 0.408 e. The van der Waals surface area contributed by atoms with Crippen LogP contribution in [0.15, 0.2) is 0 Å². The molecule has 0 aromatic rings. The number of fused-ring (bicyclic) bond motifs is 3. The van der Waals surface area contributed by atoms with Crippen LogP contribution < -0.4 is 16.4 Å². The first-order valence-electron chi connectivity index (χ1n) is 14.9. The van der Waals surface area contributed by atoms with Crippen molar-refractivity contribution in [3.63, 3.8) is 0 Å². The Morgan fingerprint density at radius 2 is 1.55 bits per heavy atom. The van der Waals surface area contributed by atoms with Crippen LogP contribution in [-0.4, -0.2) is 64.8 Å². The highest BCUT2D eigenvalue weighted by Gasteiger charge is 2.70. The van der Waals surface area contributed by atoms with Crippen LogP contribution in [0, 0.1) is 22.7 Å². The van der Waals surface area contributed by atoms with Crippen molar-refractivity contribution in [3.8, 4) is 0 Å². The van der Waals surface area contributed by atoms with Gasteiger partial charge in [0.05, 0.1) is 6.04 Å². The van der Waals surface area contributed by atoms with Gasteiger partial charge in [0.1, 0.15) is 17.7 Å². The quantitative estimate of drug-likeness (QED) is 0.449. The van der Waals surface area contributed by atoms with E-state index >= 15 is 0 Å². The number of primary amides is 1. The second-order valence-electron chi connectivity index (χ2n) is 14.3. The highest BCUT2D eigenvalue weighted by Crippen LogP contribution is 2.65. The van der Waals surface area contributed by atoms with Gasteiger partial charge in [0.15, 0.2) is 0 Å². The first-order valence-corrected chi connectivity index (χ1v) is 14.9. The molecule has 1 saturated carbocycles. The van der Waals surface area contributed by atoms with Crippen molar-refractivity contribution in [3.05, 3.63) is 0 Å². The van der Waals surface area contributed by atoms with Crippen LogP contribution in [0.25, 0.3) is 0 Å². The molecule has 3 fully saturated rings. The number of carbonyl (C=O) groups excluding carboxylic acids is 5. The lowest BCUT2D eigenvalue weighted by molar-refractivity contribution is -0.145. The zero-order valence-electron chi connectivity index (χ0n) is 25.4. The summed E-state index contributed by atoms with van der Waals surface area (Å²) in [6, 6.07) is -2.74. The fourth-order valence-electron chi connectivity index (χ4n) is 6.65. The van der Waals surface area contributed by atoms with Gasteiger partial charge in [-0.3, -0.25) is 19.2 Å². The number of nitrogens with two attached hydrogens (primary N) is 1. The molecule has 4 N–H and O–H groups in total. The van der Waals surface area contributed by atoms with Gasteiger partial charge in [0.25, 0.3) is 5.91 Å². The van der Waals surface area contributed by atoms with E-state index in [9.17, 15) is 24.0 Å². The van der Waals surface area contributed by atoms with E-state index in [1.165, 1.54) is 0 Å². The van der Waals surface area contributed by atoms with Gasteiger partial charge in [-0.2, -0.15) is 0 Å². The topological polar surface area (TPSA) is 148 Å². The van der Waals surface area contributed by atoms with Gasteiger partial charge in [-0.25, -0.2) is 4.79 Å². The Labute approximate surface area is 238 Å². The van der Waals surface area contributed by atoms with E-state index < -0.39 is 52.8 Å².